The number of esters is 1. The van der Waals surface area contributed by atoms with Crippen molar-refractivity contribution in [3.05, 3.63) is 11.6 Å². The molecule has 0 heterocycles. The predicted molar refractivity (Wildman–Crippen MR) is 110 cm³/mol. The van der Waals surface area contributed by atoms with E-state index in [1.165, 1.54) is 5.57 Å². The Morgan fingerprint density at radius 3 is 2.55 bits per heavy atom. The van der Waals surface area contributed by atoms with Crippen molar-refractivity contribution >= 4 is 11.8 Å². The molecule has 0 aliphatic heterocycles. The van der Waals surface area contributed by atoms with Crippen LogP contribution in [0.3, 0.4) is 0 Å². The Bertz CT molecular complexity index is 791. The van der Waals surface area contributed by atoms with Crippen LogP contribution in [0.1, 0.15) is 73.1 Å². The second-order valence-electron chi connectivity index (χ2n) is 12.2. The lowest BCUT2D eigenvalue weighted by atomic mass is 9.46. The Hall–Kier alpha value is -1.16. The summed E-state index contributed by atoms with van der Waals surface area (Å²) in [4.78, 5) is 25.3. The Morgan fingerprint density at radius 2 is 1.86 bits per heavy atom. The van der Waals surface area contributed by atoms with Crippen molar-refractivity contribution in [3.8, 4) is 0 Å². The molecule has 29 heavy (non-hydrogen) atoms. The molecule has 160 valence electrons. The van der Waals surface area contributed by atoms with E-state index in [0.29, 0.717) is 23.5 Å². The number of ketones is 1. The van der Waals surface area contributed by atoms with Crippen molar-refractivity contribution in [2.45, 2.75) is 85.4 Å². The van der Waals surface area contributed by atoms with Crippen LogP contribution in [-0.4, -0.2) is 29.1 Å². The van der Waals surface area contributed by atoms with Crippen molar-refractivity contribution in [1.29, 1.82) is 0 Å². The minimum absolute atomic E-state index is 0.0614. The topological polar surface area (TPSA) is 63.6 Å². The first kappa shape index (κ1) is 19.8. The maximum atomic E-state index is 12.9. The standard InChI is InChI=1S/C25H36O4/c1-23(2,3)22(28)29-14-6-8-24(4)13(10-14)11-18(26)19-17(24)7-9-25(5)20(19)15-12-16(15)21(25)27/h11,14-20,26H,6-10,12H2,1-5H3/t14-,15+,16-,17-,18-,19+,20+,24-,25-/m0/s1. The fourth-order valence-electron chi connectivity index (χ4n) is 7.69. The number of hydrogen-bond donors (Lipinski definition) is 1. The van der Waals surface area contributed by atoms with Gasteiger partial charge in [0.15, 0.2) is 0 Å². The van der Waals surface area contributed by atoms with E-state index in [4.69, 9.17) is 4.74 Å². The van der Waals surface area contributed by atoms with Gasteiger partial charge in [-0.15, -0.1) is 0 Å². The van der Waals surface area contributed by atoms with Gasteiger partial charge >= 0.3 is 5.97 Å². The highest BCUT2D eigenvalue weighted by atomic mass is 16.5. The molecule has 0 unspecified atom stereocenters. The first-order valence-electron chi connectivity index (χ1n) is 11.6. The van der Waals surface area contributed by atoms with E-state index in [1.54, 1.807) is 0 Å². The van der Waals surface area contributed by atoms with Gasteiger partial charge < -0.3 is 9.84 Å². The summed E-state index contributed by atoms with van der Waals surface area (Å²) in [5.74, 6) is 2.12. The van der Waals surface area contributed by atoms with E-state index < -0.39 is 11.5 Å². The van der Waals surface area contributed by atoms with Gasteiger partial charge in [0.25, 0.3) is 0 Å². The second kappa shape index (κ2) is 5.96. The number of hydrogen-bond acceptors (Lipinski definition) is 4. The smallest absolute Gasteiger partial charge is 0.311 e. The number of carbonyl (C=O) groups excluding carboxylic acids is 2. The van der Waals surface area contributed by atoms with E-state index >= 15 is 0 Å². The van der Waals surface area contributed by atoms with E-state index in [2.05, 4.69) is 19.9 Å². The molecule has 1 N–H and O–H groups in total. The summed E-state index contributed by atoms with van der Waals surface area (Å²) in [5.41, 5.74) is 0.642. The minimum Gasteiger partial charge on any atom is -0.462 e. The third kappa shape index (κ3) is 2.66. The van der Waals surface area contributed by atoms with Gasteiger partial charge in [-0.2, -0.15) is 0 Å². The molecule has 4 heteroatoms. The fourth-order valence-corrected chi connectivity index (χ4v) is 7.69. The number of rotatable bonds is 1. The molecule has 0 radical (unpaired) electrons. The third-order valence-electron chi connectivity index (χ3n) is 9.43. The van der Waals surface area contributed by atoms with Crippen LogP contribution in [0.5, 0.6) is 0 Å². The van der Waals surface area contributed by atoms with Crippen LogP contribution in [0.25, 0.3) is 0 Å². The second-order valence-corrected chi connectivity index (χ2v) is 12.2. The minimum atomic E-state index is -0.490. The highest BCUT2D eigenvalue weighted by Crippen LogP contribution is 2.71. The lowest BCUT2D eigenvalue weighted by molar-refractivity contribution is -0.161. The summed E-state index contributed by atoms with van der Waals surface area (Å²) in [6.45, 7) is 10.2. The lowest BCUT2D eigenvalue weighted by Gasteiger charge is -2.58. The quantitative estimate of drug-likeness (QED) is 0.526. The molecule has 0 saturated heterocycles. The Labute approximate surface area is 174 Å². The van der Waals surface area contributed by atoms with Gasteiger partial charge in [-0.25, -0.2) is 0 Å². The Kier molecular flexibility index (Phi) is 4.07. The monoisotopic (exact) mass is 400 g/mol. The average Bonchev–Trinajstić information content (AvgIpc) is 3.37. The van der Waals surface area contributed by atoms with Crippen molar-refractivity contribution < 1.29 is 19.4 Å². The lowest BCUT2D eigenvalue weighted by Crippen LogP contribution is -2.56. The zero-order valence-electron chi connectivity index (χ0n) is 18.5. The first-order valence-corrected chi connectivity index (χ1v) is 11.6. The van der Waals surface area contributed by atoms with Crippen LogP contribution in [0.4, 0.5) is 0 Å². The van der Waals surface area contributed by atoms with Crippen LogP contribution >= 0.6 is 0 Å². The molecule has 0 aromatic carbocycles. The van der Waals surface area contributed by atoms with Crippen LogP contribution in [0, 0.1) is 45.8 Å². The molecule has 5 aliphatic rings. The highest BCUT2D eigenvalue weighted by molar-refractivity contribution is 5.92. The SMILES string of the molecule is CC(C)(C)C(=O)O[C@H]1CC[C@@]2(C)C(=C[C@H](O)[C@@H]3[C@H]4[C@@H]5C[C@@H]5C(=O)[C@@]4(C)CC[C@@H]32)C1. The first-order chi connectivity index (χ1) is 13.5. The summed E-state index contributed by atoms with van der Waals surface area (Å²) >= 11 is 0. The Balaban J connectivity index is 1.42. The fraction of sp³-hybridized carbons (Fsp3) is 0.840. The van der Waals surface area contributed by atoms with E-state index in [1.807, 2.05) is 20.8 Å². The summed E-state index contributed by atoms with van der Waals surface area (Å²) in [7, 11) is 0. The molecule has 5 rings (SSSR count). The largest absolute Gasteiger partial charge is 0.462 e. The molecule has 5 aliphatic carbocycles. The van der Waals surface area contributed by atoms with Crippen molar-refractivity contribution in [2.24, 2.45) is 45.8 Å². The van der Waals surface area contributed by atoms with Gasteiger partial charge in [0.2, 0.25) is 0 Å². The van der Waals surface area contributed by atoms with Gasteiger partial charge in [0, 0.05) is 17.8 Å². The normalized spacial score (nSPS) is 50.6. The molecular formula is C25H36O4. The maximum absolute atomic E-state index is 12.9. The number of carbonyl (C=O) groups is 2. The molecule has 0 spiro atoms. The summed E-state index contributed by atoms with van der Waals surface area (Å²) < 4.78 is 5.84. The van der Waals surface area contributed by atoms with Gasteiger partial charge in [0.05, 0.1) is 11.5 Å². The molecule has 4 saturated carbocycles. The third-order valence-corrected chi connectivity index (χ3v) is 9.43. The summed E-state index contributed by atoms with van der Waals surface area (Å²) in [6.07, 6.45) is 7.21. The zero-order chi connectivity index (χ0) is 20.9. The molecular weight excluding hydrogens is 364 g/mol. The van der Waals surface area contributed by atoms with Crippen molar-refractivity contribution in [2.75, 3.05) is 0 Å². The molecule has 4 nitrogen and oxygen atoms in total. The van der Waals surface area contributed by atoms with Gasteiger partial charge in [-0.1, -0.05) is 25.5 Å². The van der Waals surface area contributed by atoms with Crippen LogP contribution in [-0.2, 0) is 14.3 Å². The van der Waals surface area contributed by atoms with E-state index in [9.17, 15) is 14.7 Å². The molecule has 0 amide bonds. The van der Waals surface area contributed by atoms with Gasteiger partial charge in [-0.3, -0.25) is 9.59 Å². The molecule has 9 atom stereocenters. The molecule has 0 aromatic rings. The highest BCUT2D eigenvalue weighted by Gasteiger charge is 2.71. The van der Waals surface area contributed by atoms with Crippen molar-refractivity contribution in [1.82, 2.24) is 0 Å². The Morgan fingerprint density at radius 1 is 1.17 bits per heavy atom. The maximum Gasteiger partial charge on any atom is 0.311 e. The summed E-state index contributed by atoms with van der Waals surface area (Å²) in [5, 5.41) is 11.2. The van der Waals surface area contributed by atoms with Crippen LogP contribution in [0.15, 0.2) is 11.6 Å². The van der Waals surface area contributed by atoms with E-state index in [0.717, 1.165) is 38.5 Å². The van der Waals surface area contributed by atoms with Gasteiger partial charge in [-0.05, 0) is 82.0 Å². The van der Waals surface area contributed by atoms with E-state index in [-0.39, 0.29) is 34.7 Å². The average molecular weight is 401 g/mol. The summed E-state index contributed by atoms with van der Waals surface area (Å²) in [6, 6.07) is 0. The molecule has 0 aromatic heterocycles. The zero-order valence-corrected chi connectivity index (χ0v) is 18.5. The molecule has 0 bridgehead atoms. The number of fused-ring (bicyclic) bond motifs is 7. The van der Waals surface area contributed by atoms with Crippen LogP contribution in [0.2, 0.25) is 0 Å². The van der Waals surface area contributed by atoms with Crippen LogP contribution < -0.4 is 0 Å². The predicted octanol–water partition coefficient (Wildman–Crippen LogP) is 4.30. The van der Waals surface area contributed by atoms with Crippen molar-refractivity contribution in [3.63, 3.8) is 0 Å². The number of aliphatic hydroxyl groups is 1. The number of ether oxygens (including phenoxy) is 1. The van der Waals surface area contributed by atoms with Gasteiger partial charge in [0.1, 0.15) is 11.9 Å². The number of Topliss-reactive ketones (excluding diaryl/α,β-unsaturated/α-hetero) is 1. The molecule has 4 fully saturated rings. The number of aliphatic hydroxyl groups excluding tert-OH is 1.